The van der Waals surface area contributed by atoms with E-state index in [4.69, 9.17) is 4.74 Å². The van der Waals surface area contributed by atoms with E-state index in [1.165, 1.54) is 32.4 Å². The maximum absolute atomic E-state index is 11.3. The number of methoxy groups -OCH3 is 2. The third kappa shape index (κ3) is 2.07. The molecule has 0 fully saturated rings. The molecule has 1 aromatic carbocycles. The minimum atomic E-state index is -1.40. The Morgan fingerprint density at radius 1 is 1.20 bits per heavy atom. The average Bonchev–Trinajstić information content (AvgIpc) is 2.26. The predicted octanol–water partition coefficient (Wildman–Crippen LogP) is -0.155. The van der Waals surface area contributed by atoms with Crippen molar-refractivity contribution in [1.82, 2.24) is 0 Å². The maximum atomic E-state index is 11.3. The van der Waals surface area contributed by atoms with Crippen LogP contribution in [0.2, 0.25) is 0 Å². The number of carbonyl (C=O) groups excluding carboxylic acids is 2. The quantitative estimate of drug-likeness (QED) is 0.647. The SMILES string of the molecule is COC(=O)c1cccc(C(=O)[O-])c1OC. The summed E-state index contributed by atoms with van der Waals surface area (Å²) >= 11 is 0. The molecular weight excluding hydrogens is 200 g/mol. The van der Waals surface area contributed by atoms with Crippen molar-refractivity contribution in [2.24, 2.45) is 0 Å². The summed E-state index contributed by atoms with van der Waals surface area (Å²) in [5, 5.41) is 10.7. The lowest BCUT2D eigenvalue weighted by atomic mass is 10.1. The van der Waals surface area contributed by atoms with Gasteiger partial charge in [-0.2, -0.15) is 0 Å². The molecule has 0 aromatic heterocycles. The fourth-order valence-corrected chi connectivity index (χ4v) is 1.19. The van der Waals surface area contributed by atoms with Gasteiger partial charge in [-0.25, -0.2) is 4.79 Å². The largest absolute Gasteiger partial charge is 0.545 e. The van der Waals surface area contributed by atoms with E-state index in [2.05, 4.69) is 4.74 Å². The van der Waals surface area contributed by atoms with Crippen molar-refractivity contribution in [3.05, 3.63) is 29.3 Å². The lowest BCUT2D eigenvalue weighted by Crippen LogP contribution is -2.23. The summed E-state index contributed by atoms with van der Waals surface area (Å²) in [5.74, 6) is -2.11. The molecule has 80 valence electrons. The van der Waals surface area contributed by atoms with Crippen LogP contribution in [0, 0.1) is 0 Å². The Morgan fingerprint density at radius 3 is 2.27 bits per heavy atom. The van der Waals surface area contributed by atoms with Gasteiger partial charge in [0.25, 0.3) is 0 Å². The molecule has 0 spiro atoms. The fraction of sp³-hybridized carbons (Fsp3) is 0.200. The summed E-state index contributed by atoms with van der Waals surface area (Å²) in [6, 6.07) is 4.12. The number of para-hydroxylation sites is 1. The zero-order valence-electron chi connectivity index (χ0n) is 8.27. The van der Waals surface area contributed by atoms with Crippen LogP contribution >= 0.6 is 0 Å². The first-order valence-corrected chi connectivity index (χ1v) is 4.08. The number of hydrogen-bond acceptors (Lipinski definition) is 5. The van der Waals surface area contributed by atoms with Crippen LogP contribution in [0.3, 0.4) is 0 Å². The van der Waals surface area contributed by atoms with Crippen LogP contribution in [0.15, 0.2) is 18.2 Å². The normalized spacial score (nSPS) is 9.47. The van der Waals surface area contributed by atoms with Crippen molar-refractivity contribution < 1.29 is 24.2 Å². The Hall–Kier alpha value is -2.04. The third-order valence-electron chi connectivity index (χ3n) is 1.84. The van der Waals surface area contributed by atoms with E-state index < -0.39 is 11.9 Å². The molecule has 0 radical (unpaired) electrons. The highest BCUT2D eigenvalue weighted by Crippen LogP contribution is 2.23. The molecule has 0 amide bonds. The monoisotopic (exact) mass is 209 g/mol. The lowest BCUT2D eigenvalue weighted by molar-refractivity contribution is -0.255. The Labute approximate surface area is 86.2 Å². The molecule has 0 bridgehead atoms. The first kappa shape index (κ1) is 11.0. The van der Waals surface area contributed by atoms with Crippen LogP contribution in [0.4, 0.5) is 0 Å². The molecule has 5 nitrogen and oxygen atoms in total. The fourth-order valence-electron chi connectivity index (χ4n) is 1.19. The molecule has 0 aliphatic heterocycles. The molecule has 1 rings (SSSR count). The molecular formula is C10H9O5-. The number of rotatable bonds is 3. The van der Waals surface area contributed by atoms with Crippen molar-refractivity contribution in [2.75, 3.05) is 14.2 Å². The average molecular weight is 209 g/mol. The first-order valence-electron chi connectivity index (χ1n) is 4.08. The predicted molar refractivity (Wildman–Crippen MR) is 48.7 cm³/mol. The second-order valence-corrected chi connectivity index (χ2v) is 2.67. The summed E-state index contributed by atoms with van der Waals surface area (Å²) in [4.78, 5) is 22.0. The minimum Gasteiger partial charge on any atom is -0.545 e. The molecule has 5 heteroatoms. The zero-order valence-corrected chi connectivity index (χ0v) is 8.27. The van der Waals surface area contributed by atoms with Crippen molar-refractivity contribution in [3.63, 3.8) is 0 Å². The van der Waals surface area contributed by atoms with Gasteiger partial charge in [-0.1, -0.05) is 6.07 Å². The summed E-state index contributed by atoms with van der Waals surface area (Å²) in [7, 11) is 2.47. The number of ether oxygens (including phenoxy) is 2. The Balaban J connectivity index is 3.34. The smallest absolute Gasteiger partial charge is 0.341 e. The van der Waals surface area contributed by atoms with E-state index >= 15 is 0 Å². The van der Waals surface area contributed by atoms with Crippen LogP contribution in [-0.4, -0.2) is 26.2 Å². The zero-order chi connectivity index (χ0) is 11.4. The minimum absolute atomic E-state index is 0.0515. The van der Waals surface area contributed by atoms with E-state index in [0.717, 1.165) is 0 Å². The van der Waals surface area contributed by atoms with Gasteiger partial charge in [-0.15, -0.1) is 0 Å². The van der Waals surface area contributed by atoms with Crippen LogP contribution in [-0.2, 0) is 4.74 Å². The van der Waals surface area contributed by atoms with Crippen molar-refractivity contribution in [1.29, 1.82) is 0 Å². The molecule has 0 unspecified atom stereocenters. The molecule has 0 aliphatic rings. The molecule has 0 aliphatic carbocycles. The standard InChI is InChI=1S/C10H10O5/c1-14-8-6(9(11)12)4-3-5-7(8)10(13)15-2/h3-5H,1-2H3,(H,11,12)/p-1. The van der Waals surface area contributed by atoms with Gasteiger partial charge in [0.1, 0.15) is 11.3 Å². The van der Waals surface area contributed by atoms with Crippen LogP contribution in [0.1, 0.15) is 20.7 Å². The highest BCUT2D eigenvalue weighted by Gasteiger charge is 2.16. The van der Waals surface area contributed by atoms with Crippen LogP contribution in [0.5, 0.6) is 5.75 Å². The van der Waals surface area contributed by atoms with Crippen LogP contribution in [0.25, 0.3) is 0 Å². The summed E-state index contributed by atoms with van der Waals surface area (Å²) in [5.41, 5.74) is -0.123. The number of carboxylic acid groups (broad SMARTS) is 1. The third-order valence-corrected chi connectivity index (χ3v) is 1.84. The van der Waals surface area contributed by atoms with Crippen molar-refractivity contribution in [2.45, 2.75) is 0 Å². The molecule has 1 aromatic rings. The molecule has 0 atom stereocenters. The summed E-state index contributed by atoms with van der Waals surface area (Å²) in [6.45, 7) is 0. The van der Waals surface area contributed by atoms with Crippen molar-refractivity contribution >= 4 is 11.9 Å². The summed E-state index contributed by atoms with van der Waals surface area (Å²) < 4.78 is 9.32. The van der Waals surface area contributed by atoms with Gasteiger partial charge < -0.3 is 19.4 Å². The van der Waals surface area contributed by atoms with Gasteiger partial charge in [0.05, 0.1) is 20.2 Å². The highest BCUT2D eigenvalue weighted by atomic mass is 16.5. The van der Waals surface area contributed by atoms with E-state index in [1.807, 2.05) is 0 Å². The van der Waals surface area contributed by atoms with Gasteiger partial charge in [-0.3, -0.25) is 0 Å². The van der Waals surface area contributed by atoms with Gasteiger partial charge in [0.2, 0.25) is 0 Å². The number of carboxylic acids is 1. The number of esters is 1. The molecule has 0 heterocycles. The van der Waals surface area contributed by atoms with Gasteiger partial charge >= 0.3 is 5.97 Å². The number of benzene rings is 1. The Bertz CT molecular complexity index is 397. The number of carbonyl (C=O) groups is 2. The van der Waals surface area contributed by atoms with E-state index in [0.29, 0.717) is 0 Å². The second kappa shape index (κ2) is 4.45. The Kier molecular flexibility index (Phi) is 3.28. The van der Waals surface area contributed by atoms with Crippen LogP contribution < -0.4 is 9.84 Å². The van der Waals surface area contributed by atoms with Gasteiger partial charge in [0, 0.05) is 5.56 Å². The molecule has 0 saturated heterocycles. The first-order chi connectivity index (χ1) is 7.11. The number of hydrogen-bond donors (Lipinski definition) is 0. The van der Waals surface area contributed by atoms with Crippen molar-refractivity contribution in [3.8, 4) is 5.75 Å². The Morgan fingerprint density at radius 2 is 1.80 bits per heavy atom. The van der Waals surface area contributed by atoms with E-state index in [9.17, 15) is 14.7 Å². The lowest BCUT2D eigenvalue weighted by Gasteiger charge is -2.12. The van der Waals surface area contributed by atoms with E-state index in [-0.39, 0.29) is 16.9 Å². The maximum Gasteiger partial charge on any atom is 0.341 e. The molecule has 0 N–H and O–H groups in total. The van der Waals surface area contributed by atoms with Gasteiger partial charge in [-0.05, 0) is 12.1 Å². The highest BCUT2D eigenvalue weighted by molar-refractivity contribution is 5.98. The molecule has 0 saturated carbocycles. The van der Waals surface area contributed by atoms with E-state index in [1.54, 1.807) is 0 Å². The topological polar surface area (TPSA) is 75.7 Å². The summed E-state index contributed by atoms with van der Waals surface area (Å²) in [6.07, 6.45) is 0. The second-order valence-electron chi connectivity index (χ2n) is 2.67. The van der Waals surface area contributed by atoms with Gasteiger partial charge in [0.15, 0.2) is 0 Å². The molecule has 15 heavy (non-hydrogen) atoms. The number of aromatic carboxylic acids is 1.